The van der Waals surface area contributed by atoms with Crippen molar-refractivity contribution in [2.24, 2.45) is 0 Å². The highest BCUT2D eigenvalue weighted by atomic mass is 16.5. The van der Waals surface area contributed by atoms with Crippen LogP contribution in [0.25, 0.3) is 0 Å². The summed E-state index contributed by atoms with van der Waals surface area (Å²) in [6.45, 7) is 0.448. The lowest BCUT2D eigenvalue weighted by Crippen LogP contribution is -2.10. The Kier molecular flexibility index (Phi) is 4.27. The highest BCUT2D eigenvalue weighted by molar-refractivity contribution is 5.89. The lowest BCUT2D eigenvalue weighted by molar-refractivity contribution is 0.0584. The fourth-order valence-corrected chi connectivity index (χ4v) is 2.00. The summed E-state index contributed by atoms with van der Waals surface area (Å²) < 4.78 is 11.1. The molecule has 2 rings (SSSR count). The van der Waals surface area contributed by atoms with E-state index in [4.69, 9.17) is 10.5 Å². The van der Waals surface area contributed by atoms with E-state index in [1.165, 1.54) is 14.2 Å². The molecule has 6 heteroatoms. The molecular weight excluding hydrogens is 272 g/mol. The molecule has 2 N–H and O–H groups in total. The quantitative estimate of drug-likeness (QED) is 0.866. The summed E-state index contributed by atoms with van der Waals surface area (Å²) in [5.41, 5.74) is 7.98. The minimum absolute atomic E-state index is 0.382. The topological polar surface area (TPSA) is 83.5 Å². The molecule has 0 spiro atoms. The number of nitrogens with zero attached hydrogens (tertiary/aromatic N) is 1. The van der Waals surface area contributed by atoms with Crippen LogP contribution in [0.2, 0.25) is 0 Å². The smallest absolute Gasteiger partial charge is 0.354 e. The fourth-order valence-electron chi connectivity index (χ4n) is 2.00. The van der Waals surface area contributed by atoms with E-state index in [9.17, 15) is 9.59 Å². The number of nitrogen functional groups attached to an aromatic ring is 1. The molecule has 0 aliphatic carbocycles. The monoisotopic (exact) mass is 288 g/mol. The third-order valence-corrected chi connectivity index (χ3v) is 3.04. The number of methoxy groups -OCH3 is 2. The van der Waals surface area contributed by atoms with E-state index >= 15 is 0 Å². The third kappa shape index (κ3) is 3.22. The summed E-state index contributed by atoms with van der Waals surface area (Å²) in [6, 6.07) is 8.50. The molecule has 21 heavy (non-hydrogen) atoms. The van der Waals surface area contributed by atoms with Crippen molar-refractivity contribution in [1.82, 2.24) is 4.57 Å². The van der Waals surface area contributed by atoms with Gasteiger partial charge in [0.15, 0.2) is 0 Å². The number of hydrogen-bond donors (Lipinski definition) is 1. The largest absolute Gasteiger partial charge is 0.465 e. The number of anilines is 1. The minimum Gasteiger partial charge on any atom is -0.465 e. The second-order valence-corrected chi connectivity index (χ2v) is 4.47. The molecule has 1 aromatic heterocycles. The van der Waals surface area contributed by atoms with Gasteiger partial charge in [-0.15, -0.1) is 0 Å². The maximum Gasteiger partial charge on any atom is 0.354 e. The summed E-state index contributed by atoms with van der Waals surface area (Å²) in [6.07, 6.45) is 1.67. The average Bonchev–Trinajstić information content (AvgIpc) is 2.87. The summed E-state index contributed by atoms with van der Waals surface area (Å²) in [5, 5.41) is 0. The van der Waals surface area contributed by atoms with Crippen LogP contribution in [0.15, 0.2) is 36.5 Å². The molecular formula is C15H16N2O4. The van der Waals surface area contributed by atoms with Crippen molar-refractivity contribution in [3.8, 4) is 0 Å². The maximum absolute atomic E-state index is 11.7. The SMILES string of the molecule is COC(=O)c1ccc(Cn2cc(N)cc2C(=O)OC)cc1. The predicted octanol–water partition coefficient (Wildman–Crippen LogP) is 1.69. The lowest BCUT2D eigenvalue weighted by atomic mass is 10.1. The average molecular weight is 288 g/mol. The molecule has 110 valence electrons. The van der Waals surface area contributed by atoms with Gasteiger partial charge in [0, 0.05) is 12.7 Å². The van der Waals surface area contributed by atoms with Crippen LogP contribution in [0.1, 0.15) is 26.4 Å². The van der Waals surface area contributed by atoms with E-state index in [1.54, 1.807) is 41.1 Å². The third-order valence-electron chi connectivity index (χ3n) is 3.04. The predicted molar refractivity (Wildman–Crippen MR) is 77.1 cm³/mol. The van der Waals surface area contributed by atoms with E-state index in [0.29, 0.717) is 23.5 Å². The molecule has 0 unspecified atom stereocenters. The van der Waals surface area contributed by atoms with Gasteiger partial charge in [0.25, 0.3) is 0 Å². The Balaban J connectivity index is 2.22. The van der Waals surface area contributed by atoms with Crippen LogP contribution in [0.4, 0.5) is 5.69 Å². The Morgan fingerprint density at radius 3 is 2.29 bits per heavy atom. The molecule has 0 radical (unpaired) electrons. The Bertz CT molecular complexity index is 659. The van der Waals surface area contributed by atoms with Gasteiger partial charge in [0.05, 0.1) is 25.5 Å². The minimum atomic E-state index is -0.446. The Morgan fingerprint density at radius 1 is 1.10 bits per heavy atom. The maximum atomic E-state index is 11.7. The van der Waals surface area contributed by atoms with Gasteiger partial charge in [-0.2, -0.15) is 0 Å². The molecule has 0 saturated carbocycles. The number of carbonyl (C=O) groups is 2. The Morgan fingerprint density at radius 2 is 1.71 bits per heavy atom. The molecule has 0 amide bonds. The second-order valence-electron chi connectivity index (χ2n) is 4.47. The standard InChI is InChI=1S/C15H16N2O4/c1-20-14(18)11-5-3-10(4-6-11)8-17-9-12(16)7-13(17)15(19)21-2/h3-7,9H,8,16H2,1-2H3. The van der Waals surface area contributed by atoms with Gasteiger partial charge in [-0.25, -0.2) is 9.59 Å². The molecule has 0 atom stereocenters. The summed E-state index contributed by atoms with van der Waals surface area (Å²) in [7, 11) is 2.66. The van der Waals surface area contributed by atoms with Crippen LogP contribution in [-0.2, 0) is 16.0 Å². The number of hydrogen-bond acceptors (Lipinski definition) is 5. The highest BCUT2D eigenvalue weighted by Crippen LogP contribution is 2.15. The van der Waals surface area contributed by atoms with Crippen LogP contribution < -0.4 is 5.73 Å². The van der Waals surface area contributed by atoms with E-state index in [0.717, 1.165) is 5.56 Å². The molecule has 1 heterocycles. The molecule has 6 nitrogen and oxygen atoms in total. The van der Waals surface area contributed by atoms with Crippen LogP contribution in [0, 0.1) is 0 Å². The zero-order chi connectivity index (χ0) is 15.4. The Labute approximate surface area is 122 Å². The molecule has 0 aliphatic rings. The van der Waals surface area contributed by atoms with Crippen LogP contribution >= 0.6 is 0 Å². The van der Waals surface area contributed by atoms with Crippen molar-refractivity contribution in [3.63, 3.8) is 0 Å². The number of ether oxygens (including phenoxy) is 2. The van der Waals surface area contributed by atoms with Crippen molar-refractivity contribution in [3.05, 3.63) is 53.3 Å². The molecule has 0 saturated heterocycles. The van der Waals surface area contributed by atoms with Crippen LogP contribution in [0.3, 0.4) is 0 Å². The number of carbonyl (C=O) groups excluding carboxylic acids is 2. The first-order valence-corrected chi connectivity index (χ1v) is 6.26. The van der Waals surface area contributed by atoms with Crippen LogP contribution in [-0.4, -0.2) is 30.7 Å². The normalized spacial score (nSPS) is 10.2. The molecule has 0 aliphatic heterocycles. The first kappa shape index (κ1) is 14.6. The van der Waals surface area contributed by atoms with E-state index in [2.05, 4.69) is 4.74 Å². The number of esters is 2. The zero-order valence-electron chi connectivity index (χ0n) is 11.8. The molecule has 0 bridgehead atoms. The number of rotatable bonds is 4. The van der Waals surface area contributed by atoms with Gasteiger partial charge in [-0.3, -0.25) is 0 Å². The van der Waals surface area contributed by atoms with Gasteiger partial charge in [-0.1, -0.05) is 12.1 Å². The molecule has 2 aromatic rings. The van der Waals surface area contributed by atoms with Crippen molar-refractivity contribution in [2.45, 2.75) is 6.54 Å². The second kappa shape index (κ2) is 6.13. The summed E-state index contributed by atoms with van der Waals surface area (Å²) >= 11 is 0. The van der Waals surface area contributed by atoms with Crippen molar-refractivity contribution < 1.29 is 19.1 Å². The van der Waals surface area contributed by atoms with Crippen molar-refractivity contribution in [1.29, 1.82) is 0 Å². The first-order valence-electron chi connectivity index (χ1n) is 6.26. The van der Waals surface area contributed by atoms with Gasteiger partial charge in [-0.05, 0) is 23.8 Å². The number of nitrogens with two attached hydrogens (primary N) is 1. The molecule has 1 aromatic carbocycles. The van der Waals surface area contributed by atoms with E-state index in [-0.39, 0.29) is 5.97 Å². The van der Waals surface area contributed by atoms with Crippen molar-refractivity contribution in [2.75, 3.05) is 20.0 Å². The van der Waals surface area contributed by atoms with E-state index in [1.807, 2.05) is 0 Å². The highest BCUT2D eigenvalue weighted by Gasteiger charge is 2.13. The lowest BCUT2D eigenvalue weighted by Gasteiger charge is -2.08. The van der Waals surface area contributed by atoms with Gasteiger partial charge in [0.1, 0.15) is 5.69 Å². The van der Waals surface area contributed by atoms with Crippen LogP contribution in [0.5, 0.6) is 0 Å². The number of aromatic nitrogens is 1. The van der Waals surface area contributed by atoms with E-state index < -0.39 is 5.97 Å². The molecule has 0 fully saturated rings. The number of benzene rings is 1. The Hall–Kier alpha value is -2.76. The summed E-state index contributed by atoms with van der Waals surface area (Å²) in [4.78, 5) is 23.0. The van der Waals surface area contributed by atoms with Gasteiger partial charge >= 0.3 is 11.9 Å². The van der Waals surface area contributed by atoms with Gasteiger partial charge < -0.3 is 19.8 Å². The fraction of sp³-hybridized carbons (Fsp3) is 0.200. The summed E-state index contributed by atoms with van der Waals surface area (Å²) in [5.74, 6) is -0.833. The van der Waals surface area contributed by atoms with Gasteiger partial charge in [0.2, 0.25) is 0 Å². The zero-order valence-corrected chi connectivity index (χ0v) is 11.8. The first-order chi connectivity index (χ1) is 10.0. The van der Waals surface area contributed by atoms with Crippen molar-refractivity contribution >= 4 is 17.6 Å².